The van der Waals surface area contributed by atoms with Gasteiger partial charge in [-0.15, -0.1) is 12.6 Å². The Bertz CT molecular complexity index is 988. The van der Waals surface area contributed by atoms with Crippen LogP contribution in [0.2, 0.25) is 0 Å². The molecule has 3 rings (SSSR count). The molecule has 3 aromatic rings. The number of hydrogen-bond acceptors (Lipinski definition) is 8. The van der Waals surface area contributed by atoms with Crippen molar-refractivity contribution in [1.29, 1.82) is 0 Å². The molecule has 10 nitrogen and oxygen atoms in total. The van der Waals surface area contributed by atoms with Gasteiger partial charge in [-0.05, 0) is 48.5 Å². The third-order valence-corrected chi connectivity index (χ3v) is 4.26. The van der Waals surface area contributed by atoms with E-state index in [1.807, 2.05) is 66.5 Å². The predicted octanol–water partition coefficient (Wildman–Crippen LogP) is 2.92. The number of ether oxygens (including phenoxy) is 1. The minimum Gasteiger partial charge on any atom is -0.412 e. The Balaban J connectivity index is -0.000000469. The number of methoxy groups -OCH3 is 1. The number of amides is 1. The van der Waals surface area contributed by atoms with Crippen LogP contribution in [-0.2, 0) is 9.53 Å². The van der Waals surface area contributed by atoms with E-state index in [2.05, 4.69) is 38.0 Å². The Morgan fingerprint density at radius 3 is 2.39 bits per heavy atom. The lowest BCUT2D eigenvalue weighted by Crippen LogP contribution is -2.12. The lowest BCUT2D eigenvalue weighted by atomic mass is 10.2. The van der Waals surface area contributed by atoms with E-state index in [0.29, 0.717) is 19.1 Å². The molecule has 0 aliphatic rings. The quantitative estimate of drug-likeness (QED) is 0.375. The van der Waals surface area contributed by atoms with Crippen LogP contribution in [0.1, 0.15) is 11.2 Å². The van der Waals surface area contributed by atoms with Crippen LogP contribution in [0.25, 0.3) is 0 Å². The highest BCUT2D eigenvalue weighted by Gasteiger charge is 2.08. The minimum absolute atomic E-state index is 0. The Morgan fingerprint density at radius 1 is 1.15 bits per heavy atom. The maximum atomic E-state index is 11.1. The van der Waals surface area contributed by atoms with Crippen LogP contribution in [0.4, 0.5) is 28.8 Å². The fraction of sp³-hybridized carbons (Fsp3) is 0.227. The Labute approximate surface area is 203 Å². The van der Waals surface area contributed by atoms with Crippen molar-refractivity contribution in [2.75, 3.05) is 42.8 Å². The number of carbonyl (C=O) groups excluding carboxylic acids is 1. The molecule has 8 N–H and O–H groups in total. The van der Waals surface area contributed by atoms with Crippen LogP contribution >= 0.6 is 12.6 Å². The number of nitrogens with two attached hydrogens (primary N) is 1. The zero-order valence-electron chi connectivity index (χ0n) is 18.9. The van der Waals surface area contributed by atoms with E-state index in [0.717, 1.165) is 27.8 Å². The molecule has 0 bridgehead atoms. The normalized spacial score (nSPS) is 9.36. The smallest absolute Gasteiger partial charge is 0.229 e. The average molecular weight is 483 g/mol. The van der Waals surface area contributed by atoms with E-state index in [1.54, 1.807) is 13.3 Å². The van der Waals surface area contributed by atoms with E-state index < -0.39 is 0 Å². The van der Waals surface area contributed by atoms with Gasteiger partial charge in [0.2, 0.25) is 11.9 Å². The molecule has 0 saturated carbocycles. The third-order valence-electron chi connectivity index (χ3n) is 3.98. The molecule has 33 heavy (non-hydrogen) atoms. The molecule has 0 aliphatic heterocycles. The van der Waals surface area contributed by atoms with Crippen LogP contribution in [-0.4, -0.2) is 54.1 Å². The van der Waals surface area contributed by atoms with Crippen molar-refractivity contribution in [3.63, 3.8) is 0 Å². The summed E-state index contributed by atoms with van der Waals surface area (Å²) in [5.41, 5.74) is 7.59. The molecule has 186 valence electrons. The van der Waals surface area contributed by atoms with Gasteiger partial charge >= 0.3 is 0 Å². The van der Waals surface area contributed by atoms with E-state index in [-0.39, 0.29) is 21.1 Å². The fourth-order valence-corrected chi connectivity index (χ4v) is 2.76. The lowest BCUT2D eigenvalue weighted by Gasteiger charge is -2.19. The van der Waals surface area contributed by atoms with Gasteiger partial charge < -0.3 is 37.0 Å². The number of rotatable bonds is 7. The summed E-state index contributed by atoms with van der Waals surface area (Å²) >= 11 is 4.33. The maximum absolute atomic E-state index is 11.1. The van der Waals surface area contributed by atoms with Crippen molar-refractivity contribution in [2.24, 2.45) is 5.73 Å². The fourth-order valence-electron chi connectivity index (χ4n) is 2.53. The summed E-state index contributed by atoms with van der Waals surface area (Å²) in [4.78, 5) is 22.7. The molecule has 1 aromatic heterocycles. The molecule has 11 heteroatoms. The summed E-state index contributed by atoms with van der Waals surface area (Å²) in [6, 6.07) is 17.0. The van der Waals surface area contributed by atoms with Crippen LogP contribution in [0, 0.1) is 0 Å². The van der Waals surface area contributed by atoms with Crippen LogP contribution in [0.5, 0.6) is 0 Å². The number of aromatic nitrogens is 2. The molecule has 1 amide bonds. The zero-order chi connectivity index (χ0) is 22.6. The largest absolute Gasteiger partial charge is 0.412 e. The lowest BCUT2D eigenvalue weighted by molar-refractivity contribution is -0.114. The summed E-state index contributed by atoms with van der Waals surface area (Å²) in [5, 5.41) is 5.93. The molecule has 1 heterocycles. The standard InChI is InChI=1S/C19H19N5OS.C3H9NO.2H2O.3H2/c1-13(25)21-14-6-8-16(9-7-14)24(2)18-10-11-20-19(23-18)22-15-4-3-5-17(26)12-15;1-5-3-2-4;;;;;/h3-12,26H,1-2H3,(H,21,25)(H,20,22,23);2-4H2,1H3;2*1H2;3*1H. The molecule has 0 aliphatic carbocycles. The summed E-state index contributed by atoms with van der Waals surface area (Å²) in [7, 11) is 3.56. The van der Waals surface area contributed by atoms with Crippen molar-refractivity contribution in [3.8, 4) is 0 Å². The number of thiol groups is 1. The highest BCUT2D eigenvalue weighted by molar-refractivity contribution is 7.80. The molecule has 0 radical (unpaired) electrons. The average Bonchev–Trinajstić information content (AvgIpc) is 2.75. The Hall–Kier alpha value is -3.22. The predicted molar refractivity (Wildman–Crippen MR) is 142 cm³/mol. The third kappa shape index (κ3) is 10.3. The van der Waals surface area contributed by atoms with E-state index in [9.17, 15) is 4.79 Å². The highest BCUT2D eigenvalue weighted by atomic mass is 32.1. The second-order valence-electron chi connectivity index (χ2n) is 6.48. The first-order valence-electron chi connectivity index (χ1n) is 9.62. The second kappa shape index (κ2) is 15.6. The SMILES string of the molecule is CC(=O)Nc1ccc(N(C)c2ccnc(Nc3cccc(S)c3)n2)cc1.COCCN.O.O.[HH].[HH].[HH]. The molecule has 0 atom stereocenters. The number of benzene rings is 2. The van der Waals surface area contributed by atoms with Crippen LogP contribution in [0.15, 0.2) is 65.7 Å². The van der Waals surface area contributed by atoms with Gasteiger partial charge in [-0.2, -0.15) is 4.98 Å². The van der Waals surface area contributed by atoms with Gasteiger partial charge in [0.25, 0.3) is 0 Å². The highest BCUT2D eigenvalue weighted by Crippen LogP contribution is 2.25. The van der Waals surface area contributed by atoms with E-state index in [1.165, 1.54) is 6.92 Å². The Kier molecular flexibility index (Phi) is 14.0. The molecular weight excluding hydrogens is 444 g/mol. The number of carbonyl (C=O) groups is 1. The molecule has 0 unspecified atom stereocenters. The number of anilines is 5. The molecule has 0 saturated heterocycles. The van der Waals surface area contributed by atoms with Gasteiger partial charge in [0.15, 0.2) is 0 Å². The van der Waals surface area contributed by atoms with Crippen molar-refractivity contribution in [2.45, 2.75) is 11.8 Å². The number of hydrogen-bond donors (Lipinski definition) is 4. The minimum atomic E-state index is -0.0945. The number of nitrogens with one attached hydrogen (secondary N) is 2. The van der Waals surface area contributed by atoms with Gasteiger partial charge in [0.1, 0.15) is 5.82 Å². The number of nitrogens with zero attached hydrogens (tertiary/aromatic N) is 3. The Morgan fingerprint density at radius 2 is 1.85 bits per heavy atom. The summed E-state index contributed by atoms with van der Waals surface area (Å²) in [6.45, 7) is 2.77. The summed E-state index contributed by atoms with van der Waals surface area (Å²) in [6.07, 6.45) is 1.71. The summed E-state index contributed by atoms with van der Waals surface area (Å²) in [5.74, 6) is 1.16. The topological polar surface area (TPSA) is 168 Å². The first kappa shape index (κ1) is 29.8. The first-order chi connectivity index (χ1) is 14.9. The molecule has 0 spiro atoms. The van der Waals surface area contributed by atoms with Gasteiger partial charge in [0.05, 0.1) is 6.61 Å². The maximum Gasteiger partial charge on any atom is 0.229 e. The van der Waals surface area contributed by atoms with Crippen LogP contribution < -0.4 is 21.3 Å². The molecular formula is C22H38N6O4S. The van der Waals surface area contributed by atoms with Crippen molar-refractivity contribution in [3.05, 3.63) is 60.8 Å². The first-order valence-corrected chi connectivity index (χ1v) is 10.1. The van der Waals surface area contributed by atoms with Crippen molar-refractivity contribution >= 4 is 47.4 Å². The molecule has 0 fully saturated rings. The van der Waals surface area contributed by atoms with Crippen molar-refractivity contribution < 1.29 is 24.8 Å². The van der Waals surface area contributed by atoms with E-state index >= 15 is 0 Å². The van der Waals surface area contributed by atoms with Gasteiger partial charge in [0, 0.05) is 60.1 Å². The summed E-state index contributed by atoms with van der Waals surface area (Å²) < 4.78 is 4.57. The van der Waals surface area contributed by atoms with Gasteiger partial charge in [-0.25, -0.2) is 4.98 Å². The molecule has 2 aromatic carbocycles. The van der Waals surface area contributed by atoms with Gasteiger partial charge in [-0.1, -0.05) is 6.07 Å². The van der Waals surface area contributed by atoms with E-state index in [4.69, 9.17) is 5.73 Å². The van der Waals surface area contributed by atoms with Crippen LogP contribution in [0.3, 0.4) is 0 Å². The monoisotopic (exact) mass is 482 g/mol. The van der Waals surface area contributed by atoms with Crippen molar-refractivity contribution in [1.82, 2.24) is 9.97 Å². The zero-order valence-corrected chi connectivity index (χ0v) is 19.8. The second-order valence-corrected chi connectivity index (χ2v) is 7.00. The van der Waals surface area contributed by atoms with Gasteiger partial charge in [-0.3, -0.25) is 4.79 Å².